The number of ether oxygens (including phenoxy) is 1. The lowest BCUT2D eigenvalue weighted by Gasteiger charge is -2.13. The third-order valence-electron chi connectivity index (χ3n) is 5.20. The van der Waals surface area contributed by atoms with Crippen molar-refractivity contribution in [3.05, 3.63) is 53.2 Å². The van der Waals surface area contributed by atoms with E-state index >= 15 is 0 Å². The summed E-state index contributed by atoms with van der Waals surface area (Å²) >= 11 is 0. The Morgan fingerprint density at radius 2 is 2.06 bits per heavy atom. The Morgan fingerprint density at radius 1 is 1.31 bits per heavy atom. The second-order valence-corrected chi connectivity index (χ2v) is 7.70. The van der Waals surface area contributed by atoms with Crippen LogP contribution in [0, 0.1) is 12.8 Å². The maximum atomic E-state index is 12.5. The molecule has 2 amide bonds. The quantitative estimate of drug-likeness (QED) is 0.563. The fraction of sp³-hybridized carbons (Fsp3) is 0.391. The van der Waals surface area contributed by atoms with Crippen molar-refractivity contribution in [2.75, 3.05) is 32.6 Å². The molecule has 1 aromatic carbocycles. The summed E-state index contributed by atoms with van der Waals surface area (Å²) in [5.41, 5.74) is 2.99. The lowest BCUT2D eigenvalue weighted by Crippen LogP contribution is -2.23. The van der Waals surface area contributed by atoms with E-state index in [0.717, 1.165) is 30.6 Å². The highest BCUT2D eigenvalue weighted by molar-refractivity contribution is 5.97. The second kappa shape index (κ2) is 12.4. The van der Waals surface area contributed by atoms with E-state index in [9.17, 15) is 9.59 Å². The molecular weight excluding hydrogens is 412 g/mol. The van der Waals surface area contributed by atoms with Gasteiger partial charge in [-0.3, -0.25) is 14.4 Å². The van der Waals surface area contributed by atoms with Crippen LogP contribution in [-0.2, 0) is 16.1 Å². The molecule has 1 aliphatic rings. The molecule has 1 unspecified atom stereocenters. The highest BCUT2D eigenvalue weighted by atomic mass is 16.5. The van der Waals surface area contributed by atoms with E-state index in [1.165, 1.54) is 0 Å². The molecule has 2 aromatic rings. The van der Waals surface area contributed by atoms with Crippen molar-refractivity contribution in [1.82, 2.24) is 15.2 Å². The van der Waals surface area contributed by atoms with Crippen LogP contribution >= 0.6 is 0 Å². The third kappa shape index (κ3) is 7.66. The van der Waals surface area contributed by atoms with Crippen molar-refractivity contribution in [3.8, 4) is 5.88 Å². The van der Waals surface area contributed by atoms with Gasteiger partial charge in [-0.15, -0.1) is 0 Å². The van der Waals surface area contributed by atoms with E-state index in [1.54, 1.807) is 31.5 Å². The number of rotatable bonds is 7. The Balaban J connectivity index is 0.00000114. The molecular formula is C23H30N4O5. The number of nitrogens with one attached hydrogen (secondary N) is 2. The first kappa shape index (κ1) is 24.8. The summed E-state index contributed by atoms with van der Waals surface area (Å²) < 4.78 is 5.03. The largest absolute Gasteiger partial charge is 0.483 e. The number of hydrogen-bond donors (Lipinski definition) is 3. The number of anilines is 1. The number of carbonyl (C=O) groups excluding carboxylic acids is 2. The minimum absolute atomic E-state index is 0.00438. The van der Waals surface area contributed by atoms with Crippen LogP contribution in [0.4, 0.5) is 5.69 Å². The molecule has 1 aliphatic heterocycles. The summed E-state index contributed by atoms with van der Waals surface area (Å²) in [4.78, 5) is 39.7. The Kier molecular flexibility index (Phi) is 9.62. The number of carbonyl (C=O) groups is 3. The summed E-state index contributed by atoms with van der Waals surface area (Å²) in [6.45, 7) is 4.02. The Morgan fingerprint density at radius 3 is 2.66 bits per heavy atom. The van der Waals surface area contributed by atoms with Gasteiger partial charge in [0.25, 0.3) is 12.4 Å². The number of aromatic nitrogens is 1. The van der Waals surface area contributed by atoms with Gasteiger partial charge < -0.3 is 25.4 Å². The fourth-order valence-corrected chi connectivity index (χ4v) is 3.47. The smallest absolute Gasteiger partial charge is 0.290 e. The lowest BCUT2D eigenvalue weighted by molar-refractivity contribution is -0.123. The van der Waals surface area contributed by atoms with Crippen molar-refractivity contribution >= 4 is 24.0 Å². The average molecular weight is 443 g/mol. The molecule has 172 valence electrons. The summed E-state index contributed by atoms with van der Waals surface area (Å²) in [7, 11) is 3.63. The van der Waals surface area contributed by atoms with E-state index in [0.29, 0.717) is 36.0 Å². The molecule has 3 N–H and O–H groups in total. The van der Waals surface area contributed by atoms with Crippen LogP contribution in [0.15, 0.2) is 36.5 Å². The van der Waals surface area contributed by atoms with E-state index in [-0.39, 0.29) is 18.3 Å². The second-order valence-electron chi connectivity index (χ2n) is 7.70. The van der Waals surface area contributed by atoms with Crippen LogP contribution in [0.5, 0.6) is 5.88 Å². The van der Waals surface area contributed by atoms with Gasteiger partial charge >= 0.3 is 0 Å². The van der Waals surface area contributed by atoms with Crippen LogP contribution < -0.4 is 15.4 Å². The highest BCUT2D eigenvalue weighted by Gasteiger charge is 2.22. The van der Waals surface area contributed by atoms with E-state index in [2.05, 4.69) is 27.6 Å². The molecule has 0 spiro atoms. The molecule has 32 heavy (non-hydrogen) atoms. The SMILES string of the molecule is COc1ccc(CNC(=O)c2ccc(C)c(NC(=O)CC3CCN(C)C3)c2)cn1.O=CO. The number of amides is 2. The zero-order valence-corrected chi connectivity index (χ0v) is 18.6. The minimum Gasteiger partial charge on any atom is -0.483 e. The van der Waals surface area contributed by atoms with Gasteiger partial charge in [0.1, 0.15) is 0 Å². The number of likely N-dealkylation sites (tertiary alicyclic amines) is 1. The lowest BCUT2D eigenvalue weighted by atomic mass is 10.0. The van der Waals surface area contributed by atoms with E-state index in [1.807, 2.05) is 19.1 Å². The van der Waals surface area contributed by atoms with Gasteiger partial charge in [0.05, 0.1) is 7.11 Å². The zero-order chi connectivity index (χ0) is 23.5. The van der Waals surface area contributed by atoms with E-state index in [4.69, 9.17) is 14.6 Å². The topological polar surface area (TPSA) is 121 Å². The molecule has 9 nitrogen and oxygen atoms in total. The predicted octanol–water partition coefficient (Wildman–Crippen LogP) is 2.31. The maximum Gasteiger partial charge on any atom is 0.290 e. The van der Waals surface area contributed by atoms with Crippen LogP contribution in [-0.4, -0.2) is 60.5 Å². The third-order valence-corrected chi connectivity index (χ3v) is 5.20. The first-order valence-corrected chi connectivity index (χ1v) is 10.3. The molecule has 1 saturated heterocycles. The first-order valence-electron chi connectivity index (χ1n) is 10.3. The van der Waals surface area contributed by atoms with Gasteiger partial charge in [0.2, 0.25) is 11.8 Å². The fourth-order valence-electron chi connectivity index (χ4n) is 3.47. The first-order chi connectivity index (χ1) is 15.4. The van der Waals surface area contributed by atoms with Crippen molar-refractivity contribution in [1.29, 1.82) is 0 Å². The maximum absolute atomic E-state index is 12.5. The monoisotopic (exact) mass is 442 g/mol. The van der Waals surface area contributed by atoms with Gasteiger partial charge in [-0.05, 0) is 56.1 Å². The van der Waals surface area contributed by atoms with Gasteiger partial charge in [-0.25, -0.2) is 4.98 Å². The number of nitrogens with zero attached hydrogens (tertiary/aromatic N) is 2. The van der Waals surface area contributed by atoms with Crippen LogP contribution in [0.3, 0.4) is 0 Å². The Hall–Kier alpha value is -3.46. The van der Waals surface area contributed by atoms with Gasteiger partial charge in [-0.1, -0.05) is 12.1 Å². The van der Waals surface area contributed by atoms with Crippen LogP contribution in [0.25, 0.3) is 0 Å². The van der Waals surface area contributed by atoms with Crippen molar-refractivity contribution < 1.29 is 24.2 Å². The molecule has 0 aliphatic carbocycles. The number of benzene rings is 1. The average Bonchev–Trinajstić information content (AvgIpc) is 3.18. The number of pyridine rings is 1. The van der Waals surface area contributed by atoms with Crippen LogP contribution in [0.1, 0.15) is 34.3 Å². The predicted molar refractivity (Wildman–Crippen MR) is 121 cm³/mol. The van der Waals surface area contributed by atoms with Crippen molar-refractivity contribution in [2.24, 2.45) is 5.92 Å². The van der Waals surface area contributed by atoms with Gasteiger partial charge in [-0.2, -0.15) is 0 Å². The molecule has 0 saturated carbocycles. The molecule has 2 heterocycles. The van der Waals surface area contributed by atoms with Crippen molar-refractivity contribution in [2.45, 2.75) is 26.3 Å². The summed E-state index contributed by atoms with van der Waals surface area (Å²) in [6.07, 6.45) is 3.22. The van der Waals surface area contributed by atoms with Crippen molar-refractivity contribution in [3.63, 3.8) is 0 Å². The standard InChI is InChI=1S/C22H28N4O3.CH2O2/c1-15-4-6-18(22(28)24-13-17-5-7-21(29-3)23-12-17)11-19(15)25-20(27)10-16-8-9-26(2)14-16;2-1-3/h4-7,11-12,16H,8-10,13-14H2,1-3H3,(H,24,28)(H,25,27);1H,(H,2,3). The molecule has 1 aromatic heterocycles. The molecule has 3 rings (SSSR count). The number of carboxylic acid groups (broad SMARTS) is 1. The minimum atomic E-state index is -0.250. The molecule has 0 radical (unpaired) electrons. The molecule has 1 fully saturated rings. The number of hydrogen-bond acceptors (Lipinski definition) is 6. The Labute approximate surface area is 187 Å². The zero-order valence-electron chi connectivity index (χ0n) is 18.6. The summed E-state index contributed by atoms with van der Waals surface area (Å²) in [5, 5.41) is 12.7. The van der Waals surface area contributed by atoms with Gasteiger partial charge in [0, 0.05) is 43.0 Å². The summed E-state index contributed by atoms with van der Waals surface area (Å²) in [5.74, 6) is 0.720. The summed E-state index contributed by atoms with van der Waals surface area (Å²) in [6, 6.07) is 8.95. The highest BCUT2D eigenvalue weighted by Crippen LogP contribution is 2.21. The van der Waals surface area contributed by atoms with E-state index < -0.39 is 0 Å². The Bertz CT molecular complexity index is 917. The van der Waals surface area contributed by atoms with Crippen LogP contribution in [0.2, 0.25) is 0 Å². The van der Waals surface area contributed by atoms with Gasteiger partial charge in [0.15, 0.2) is 0 Å². The molecule has 0 bridgehead atoms. The number of methoxy groups -OCH3 is 1. The molecule has 1 atom stereocenters. The molecule has 9 heteroatoms. The normalized spacial score (nSPS) is 15.3. The number of aryl methyl sites for hydroxylation is 1.